The Morgan fingerprint density at radius 2 is 1.83 bits per heavy atom. The number of nitrogens with zero attached hydrogens (tertiary/aromatic N) is 1. The van der Waals surface area contributed by atoms with Gasteiger partial charge in [-0.1, -0.05) is 25.3 Å². The smallest absolute Gasteiger partial charge is 0.323 e. The van der Waals surface area contributed by atoms with Gasteiger partial charge in [-0.2, -0.15) is 0 Å². The summed E-state index contributed by atoms with van der Waals surface area (Å²) in [6, 6.07) is 3.72. The number of ether oxygens (including phenoxy) is 2. The molecule has 0 radical (unpaired) electrons. The quantitative estimate of drug-likeness (QED) is 0.579. The van der Waals surface area contributed by atoms with E-state index < -0.39 is 0 Å². The SMILES string of the molecule is CCOC(=O)CCc1ccc(CN[C@H](C(=O)OC2CCCC2)C2CCCCC2)cn1. The summed E-state index contributed by atoms with van der Waals surface area (Å²) in [5, 5.41) is 3.48. The monoisotopic (exact) mass is 416 g/mol. The van der Waals surface area contributed by atoms with Crippen molar-refractivity contribution in [2.75, 3.05) is 6.61 Å². The molecule has 1 N–H and O–H groups in total. The number of hydrogen-bond acceptors (Lipinski definition) is 6. The van der Waals surface area contributed by atoms with Crippen LogP contribution in [0.5, 0.6) is 0 Å². The zero-order chi connectivity index (χ0) is 21.2. The minimum atomic E-state index is -0.241. The van der Waals surface area contributed by atoms with Crippen LogP contribution >= 0.6 is 0 Å². The van der Waals surface area contributed by atoms with Crippen LogP contribution in [0, 0.1) is 5.92 Å². The Hall–Kier alpha value is -1.95. The van der Waals surface area contributed by atoms with Crippen molar-refractivity contribution >= 4 is 11.9 Å². The fraction of sp³-hybridized carbons (Fsp3) is 0.708. The fourth-order valence-electron chi connectivity index (χ4n) is 4.55. The van der Waals surface area contributed by atoms with Gasteiger partial charge >= 0.3 is 11.9 Å². The van der Waals surface area contributed by atoms with Gasteiger partial charge in [0.15, 0.2) is 0 Å². The lowest BCUT2D eigenvalue weighted by atomic mass is 9.83. The van der Waals surface area contributed by atoms with E-state index in [9.17, 15) is 9.59 Å². The van der Waals surface area contributed by atoms with Crippen molar-refractivity contribution in [2.45, 2.75) is 96.2 Å². The molecule has 1 heterocycles. The van der Waals surface area contributed by atoms with Gasteiger partial charge in [-0.25, -0.2) is 0 Å². The minimum absolute atomic E-state index is 0.0761. The molecule has 2 fully saturated rings. The summed E-state index contributed by atoms with van der Waals surface area (Å²) in [6.45, 7) is 2.80. The van der Waals surface area contributed by atoms with Gasteiger partial charge in [0.05, 0.1) is 13.0 Å². The Balaban J connectivity index is 1.53. The molecular formula is C24H36N2O4. The number of carbonyl (C=O) groups is 2. The molecule has 3 rings (SSSR count). The maximum atomic E-state index is 12.9. The van der Waals surface area contributed by atoms with Crippen molar-refractivity contribution in [3.63, 3.8) is 0 Å². The number of aryl methyl sites for hydroxylation is 1. The molecule has 166 valence electrons. The maximum absolute atomic E-state index is 12.9. The van der Waals surface area contributed by atoms with Crippen LogP contribution in [0.3, 0.4) is 0 Å². The molecule has 0 aromatic carbocycles. The molecule has 2 aliphatic rings. The van der Waals surface area contributed by atoms with Crippen LogP contribution in [-0.4, -0.2) is 35.7 Å². The highest BCUT2D eigenvalue weighted by atomic mass is 16.5. The van der Waals surface area contributed by atoms with Crippen LogP contribution < -0.4 is 5.32 Å². The van der Waals surface area contributed by atoms with Gasteiger partial charge in [0.25, 0.3) is 0 Å². The molecule has 1 aromatic rings. The summed E-state index contributed by atoms with van der Waals surface area (Å²) >= 11 is 0. The van der Waals surface area contributed by atoms with Gasteiger partial charge in [0.1, 0.15) is 12.1 Å². The van der Waals surface area contributed by atoms with Gasteiger partial charge in [-0.05, 0) is 63.0 Å². The second-order valence-electron chi connectivity index (χ2n) is 8.56. The number of hydrogen-bond donors (Lipinski definition) is 1. The predicted molar refractivity (Wildman–Crippen MR) is 115 cm³/mol. The molecule has 30 heavy (non-hydrogen) atoms. The van der Waals surface area contributed by atoms with Crippen LogP contribution in [0.1, 0.15) is 82.4 Å². The van der Waals surface area contributed by atoms with Crippen LogP contribution in [0.2, 0.25) is 0 Å². The largest absolute Gasteiger partial charge is 0.466 e. The lowest BCUT2D eigenvalue weighted by molar-refractivity contribution is -0.153. The summed E-state index contributed by atoms with van der Waals surface area (Å²) in [4.78, 5) is 28.9. The number of carbonyl (C=O) groups excluding carboxylic acids is 2. The van der Waals surface area contributed by atoms with Crippen molar-refractivity contribution in [2.24, 2.45) is 5.92 Å². The molecule has 0 unspecified atom stereocenters. The lowest BCUT2D eigenvalue weighted by Crippen LogP contribution is -2.45. The van der Waals surface area contributed by atoms with Crippen LogP contribution in [0.4, 0.5) is 0 Å². The van der Waals surface area contributed by atoms with E-state index in [1.54, 1.807) is 0 Å². The van der Waals surface area contributed by atoms with Crippen LogP contribution in [0.15, 0.2) is 18.3 Å². The van der Waals surface area contributed by atoms with Gasteiger partial charge < -0.3 is 14.8 Å². The number of aromatic nitrogens is 1. The van der Waals surface area contributed by atoms with Crippen molar-refractivity contribution in [1.29, 1.82) is 0 Å². The molecule has 6 nitrogen and oxygen atoms in total. The summed E-state index contributed by atoms with van der Waals surface area (Å²) in [5.74, 6) is 0.0819. The highest BCUT2D eigenvalue weighted by molar-refractivity contribution is 5.76. The molecule has 6 heteroatoms. The molecule has 0 saturated heterocycles. The zero-order valence-corrected chi connectivity index (χ0v) is 18.2. The Kier molecular flexibility index (Phi) is 9.12. The van der Waals surface area contributed by atoms with Crippen LogP contribution in [-0.2, 0) is 32.0 Å². The van der Waals surface area contributed by atoms with E-state index in [2.05, 4.69) is 10.3 Å². The third-order valence-corrected chi connectivity index (χ3v) is 6.26. The lowest BCUT2D eigenvalue weighted by Gasteiger charge is -2.30. The van der Waals surface area contributed by atoms with E-state index >= 15 is 0 Å². The Bertz CT molecular complexity index is 664. The molecular weight excluding hydrogens is 380 g/mol. The van der Waals surface area contributed by atoms with E-state index in [0.717, 1.165) is 49.8 Å². The number of nitrogens with one attached hydrogen (secondary N) is 1. The van der Waals surface area contributed by atoms with Gasteiger partial charge in [0.2, 0.25) is 0 Å². The third-order valence-electron chi connectivity index (χ3n) is 6.26. The zero-order valence-electron chi connectivity index (χ0n) is 18.2. The number of rotatable bonds is 10. The van der Waals surface area contributed by atoms with Crippen molar-refractivity contribution in [1.82, 2.24) is 10.3 Å². The average molecular weight is 417 g/mol. The van der Waals surface area contributed by atoms with Gasteiger partial charge in [0, 0.05) is 24.9 Å². The van der Waals surface area contributed by atoms with Gasteiger partial charge in [-0.3, -0.25) is 14.6 Å². The highest BCUT2D eigenvalue weighted by Gasteiger charge is 2.32. The Morgan fingerprint density at radius 1 is 1.10 bits per heavy atom. The van der Waals surface area contributed by atoms with E-state index in [-0.39, 0.29) is 24.1 Å². The first-order chi connectivity index (χ1) is 14.7. The maximum Gasteiger partial charge on any atom is 0.323 e. The highest BCUT2D eigenvalue weighted by Crippen LogP contribution is 2.29. The average Bonchev–Trinajstić information content (AvgIpc) is 3.27. The van der Waals surface area contributed by atoms with E-state index in [1.807, 2.05) is 25.3 Å². The van der Waals surface area contributed by atoms with Crippen LogP contribution in [0.25, 0.3) is 0 Å². The molecule has 1 atom stereocenters. The molecule has 0 amide bonds. The van der Waals surface area contributed by atoms with Crippen molar-refractivity contribution < 1.29 is 19.1 Å². The first-order valence-electron chi connectivity index (χ1n) is 11.7. The number of esters is 2. The summed E-state index contributed by atoms with van der Waals surface area (Å²) < 4.78 is 10.8. The predicted octanol–water partition coefficient (Wildman–Crippen LogP) is 4.10. The van der Waals surface area contributed by atoms with E-state index in [1.165, 1.54) is 19.3 Å². The summed E-state index contributed by atoms with van der Waals surface area (Å²) in [6.07, 6.45) is 13.0. The first-order valence-corrected chi connectivity index (χ1v) is 11.7. The summed E-state index contributed by atoms with van der Waals surface area (Å²) in [7, 11) is 0. The summed E-state index contributed by atoms with van der Waals surface area (Å²) in [5.41, 5.74) is 1.90. The number of pyridine rings is 1. The second kappa shape index (κ2) is 12.0. The first kappa shape index (κ1) is 22.7. The fourth-order valence-corrected chi connectivity index (χ4v) is 4.55. The standard InChI is InChI=1S/C24H36N2O4/c1-2-29-22(27)15-14-20-13-12-18(16-25-20)17-26-23(19-8-4-3-5-9-19)24(28)30-21-10-6-7-11-21/h12-13,16,19,21,23,26H,2-11,14-15,17H2,1H3/t23-/m0/s1. The third kappa shape index (κ3) is 7.08. The van der Waals surface area contributed by atoms with Gasteiger partial charge in [-0.15, -0.1) is 0 Å². The molecule has 0 bridgehead atoms. The topological polar surface area (TPSA) is 77.5 Å². The van der Waals surface area contributed by atoms with E-state index in [4.69, 9.17) is 9.47 Å². The van der Waals surface area contributed by atoms with Crippen molar-refractivity contribution in [3.05, 3.63) is 29.6 Å². The normalized spacial score (nSPS) is 18.8. The Labute approximate surface area is 180 Å². The van der Waals surface area contributed by atoms with Crippen molar-refractivity contribution in [3.8, 4) is 0 Å². The molecule has 2 aliphatic carbocycles. The van der Waals surface area contributed by atoms with E-state index in [0.29, 0.717) is 31.9 Å². The second-order valence-corrected chi connectivity index (χ2v) is 8.56. The minimum Gasteiger partial charge on any atom is -0.466 e. The Morgan fingerprint density at radius 3 is 2.50 bits per heavy atom. The molecule has 0 spiro atoms. The molecule has 2 saturated carbocycles. The molecule has 1 aromatic heterocycles. The molecule has 0 aliphatic heterocycles.